The van der Waals surface area contributed by atoms with Crippen molar-refractivity contribution < 1.29 is 5.11 Å². The van der Waals surface area contributed by atoms with Crippen molar-refractivity contribution in [1.29, 1.82) is 0 Å². The second-order valence-electron chi connectivity index (χ2n) is 8.59. The first-order chi connectivity index (χ1) is 9.87. The molecule has 2 unspecified atom stereocenters. The fraction of sp³-hybridized carbons (Fsp3) is 1.00. The number of hydrogen-bond acceptors (Lipinski definition) is 1. The van der Waals surface area contributed by atoms with Gasteiger partial charge >= 0.3 is 0 Å². The van der Waals surface area contributed by atoms with Crippen LogP contribution in [0, 0.1) is 11.3 Å². The van der Waals surface area contributed by atoms with Crippen molar-refractivity contribution in [3.8, 4) is 0 Å². The average Bonchev–Trinajstić information content (AvgIpc) is 2.60. The standard InChI is InChI=1S/C20H40O/c1-5-6-7-8-9-10-11-15-20(21)16-12-13-18(14-17-20)19(2,3)4/h18,21H,5-17H2,1-4H3. The third-order valence-electron chi connectivity index (χ3n) is 5.62. The quantitative estimate of drug-likeness (QED) is 0.401. The van der Waals surface area contributed by atoms with Gasteiger partial charge in [0.15, 0.2) is 0 Å². The zero-order chi connectivity index (χ0) is 15.8. The van der Waals surface area contributed by atoms with Crippen LogP contribution in [0.5, 0.6) is 0 Å². The van der Waals surface area contributed by atoms with E-state index in [0.717, 1.165) is 25.2 Å². The van der Waals surface area contributed by atoms with Gasteiger partial charge in [-0.3, -0.25) is 0 Å². The Bertz CT molecular complexity index is 266. The molecule has 0 aromatic heterocycles. The van der Waals surface area contributed by atoms with Crippen molar-refractivity contribution in [3.05, 3.63) is 0 Å². The molecule has 1 saturated carbocycles. The van der Waals surface area contributed by atoms with Crippen molar-refractivity contribution in [2.45, 2.75) is 117 Å². The molecule has 21 heavy (non-hydrogen) atoms. The van der Waals surface area contributed by atoms with E-state index >= 15 is 0 Å². The van der Waals surface area contributed by atoms with Gasteiger partial charge in [0, 0.05) is 0 Å². The van der Waals surface area contributed by atoms with Gasteiger partial charge in [-0.25, -0.2) is 0 Å². The molecule has 1 heteroatoms. The summed E-state index contributed by atoms with van der Waals surface area (Å²) in [6.45, 7) is 9.35. The molecule has 0 aromatic carbocycles. The highest BCUT2D eigenvalue weighted by Crippen LogP contribution is 2.41. The zero-order valence-corrected chi connectivity index (χ0v) is 15.2. The SMILES string of the molecule is CCCCCCCCCC1(O)CCCC(C(C)(C)C)CC1. The Morgan fingerprint density at radius 3 is 2.14 bits per heavy atom. The highest BCUT2D eigenvalue weighted by molar-refractivity contribution is 4.86. The molecule has 1 fully saturated rings. The number of aliphatic hydroxyl groups is 1. The Kier molecular flexibility index (Phi) is 8.31. The molecule has 0 aromatic rings. The van der Waals surface area contributed by atoms with Gasteiger partial charge in [0.1, 0.15) is 0 Å². The van der Waals surface area contributed by atoms with Gasteiger partial charge in [0.25, 0.3) is 0 Å². The summed E-state index contributed by atoms with van der Waals surface area (Å²) in [7, 11) is 0. The lowest BCUT2D eigenvalue weighted by Crippen LogP contribution is -2.28. The Morgan fingerprint density at radius 2 is 1.52 bits per heavy atom. The van der Waals surface area contributed by atoms with E-state index in [1.807, 2.05) is 0 Å². The van der Waals surface area contributed by atoms with Crippen LogP contribution in [0.2, 0.25) is 0 Å². The minimum absolute atomic E-state index is 0.344. The molecule has 2 atom stereocenters. The molecular formula is C20H40O. The van der Waals surface area contributed by atoms with E-state index < -0.39 is 0 Å². The van der Waals surface area contributed by atoms with Crippen molar-refractivity contribution in [1.82, 2.24) is 0 Å². The van der Waals surface area contributed by atoms with Gasteiger partial charge in [0.05, 0.1) is 5.60 Å². The highest BCUT2D eigenvalue weighted by atomic mass is 16.3. The predicted octanol–water partition coefficient (Wildman–Crippen LogP) is 6.48. The van der Waals surface area contributed by atoms with Crippen molar-refractivity contribution in [2.24, 2.45) is 11.3 Å². The lowest BCUT2D eigenvalue weighted by atomic mass is 9.76. The van der Waals surface area contributed by atoms with E-state index in [1.54, 1.807) is 0 Å². The third-order valence-corrected chi connectivity index (χ3v) is 5.62. The molecule has 0 aliphatic heterocycles. The largest absolute Gasteiger partial charge is 0.390 e. The van der Waals surface area contributed by atoms with Crippen LogP contribution in [-0.2, 0) is 0 Å². The molecular weight excluding hydrogens is 256 g/mol. The fourth-order valence-electron chi connectivity index (χ4n) is 3.92. The minimum Gasteiger partial charge on any atom is -0.390 e. The van der Waals surface area contributed by atoms with Gasteiger partial charge in [0.2, 0.25) is 0 Å². The van der Waals surface area contributed by atoms with Gasteiger partial charge < -0.3 is 5.11 Å². The van der Waals surface area contributed by atoms with Crippen LogP contribution in [0.4, 0.5) is 0 Å². The Balaban J connectivity index is 2.21. The monoisotopic (exact) mass is 296 g/mol. The molecule has 0 spiro atoms. The topological polar surface area (TPSA) is 20.2 Å². The summed E-state index contributed by atoms with van der Waals surface area (Å²) in [5.41, 5.74) is 0.0634. The van der Waals surface area contributed by atoms with Crippen LogP contribution < -0.4 is 0 Å². The maximum atomic E-state index is 10.9. The van der Waals surface area contributed by atoms with E-state index in [-0.39, 0.29) is 5.60 Å². The molecule has 0 amide bonds. The first-order valence-electron chi connectivity index (χ1n) is 9.60. The van der Waals surface area contributed by atoms with Gasteiger partial charge in [-0.15, -0.1) is 0 Å². The molecule has 1 rings (SSSR count). The van der Waals surface area contributed by atoms with Crippen molar-refractivity contribution in [2.75, 3.05) is 0 Å². The van der Waals surface area contributed by atoms with Crippen LogP contribution in [0.25, 0.3) is 0 Å². The van der Waals surface area contributed by atoms with Gasteiger partial charge in [-0.2, -0.15) is 0 Å². The number of hydrogen-bond donors (Lipinski definition) is 1. The van der Waals surface area contributed by atoms with E-state index in [2.05, 4.69) is 27.7 Å². The second-order valence-corrected chi connectivity index (χ2v) is 8.59. The summed E-state index contributed by atoms with van der Waals surface area (Å²) in [6.07, 6.45) is 16.3. The summed E-state index contributed by atoms with van der Waals surface area (Å²) >= 11 is 0. The van der Waals surface area contributed by atoms with Gasteiger partial charge in [-0.05, 0) is 43.4 Å². The van der Waals surface area contributed by atoms with E-state index in [9.17, 15) is 5.11 Å². The van der Waals surface area contributed by atoms with Crippen LogP contribution in [0.3, 0.4) is 0 Å². The molecule has 0 saturated heterocycles. The van der Waals surface area contributed by atoms with Gasteiger partial charge in [-0.1, -0.05) is 79.1 Å². The molecule has 0 radical (unpaired) electrons. The predicted molar refractivity (Wildman–Crippen MR) is 93.6 cm³/mol. The maximum absolute atomic E-state index is 10.9. The number of rotatable bonds is 8. The first kappa shape index (κ1) is 19.0. The van der Waals surface area contributed by atoms with Crippen molar-refractivity contribution >= 4 is 0 Å². The average molecular weight is 297 g/mol. The smallest absolute Gasteiger partial charge is 0.0648 e. The van der Waals surface area contributed by atoms with Crippen LogP contribution in [-0.4, -0.2) is 10.7 Å². The zero-order valence-electron chi connectivity index (χ0n) is 15.2. The summed E-state index contributed by atoms with van der Waals surface area (Å²) in [4.78, 5) is 0. The van der Waals surface area contributed by atoms with E-state index in [4.69, 9.17) is 0 Å². The first-order valence-corrected chi connectivity index (χ1v) is 9.60. The Hall–Kier alpha value is -0.0400. The fourth-order valence-corrected chi connectivity index (χ4v) is 3.92. The second kappa shape index (κ2) is 9.18. The maximum Gasteiger partial charge on any atom is 0.0648 e. The number of unbranched alkanes of at least 4 members (excludes halogenated alkanes) is 6. The molecule has 1 nitrogen and oxygen atoms in total. The summed E-state index contributed by atoms with van der Waals surface area (Å²) < 4.78 is 0. The molecule has 0 heterocycles. The van der Waals surface area contributed by atoms with Crippen LogP contribution in [0.1, 0.15) is 111 Å². The lowest BCUT2D eigenvalue weighted by molar-refractivity contribution is 0.0115. The van der Waals surface area contributed by atoms with E-state index in [1.165, 1.54) is 64.2 Å². The molecule has 126 valence electrons. The Morgan fingerprint density at radius 1 is 0.905 bits per heavy atom. The van der Waals surface area contributed by atoms with Crippen LogP contribution >= 0.6 is 0 Å². The third kappa shape index (κ3) is 7.68. The summed E-state index contributed by atoms with van der Waals surface area (Å²) in [6, 6.07) is 0. The lowest BCUT2D eigenvalue weighted by Gasteiger charge is -2.31. The summed E-state index contributed by atoms with van der Waals surface area (Å²) in [5.74, 6) is 0.792. The summed E-state index contributed by atoms with van der Waals surface area (Å²) in [5, 5.41) is 10.9. The molecule has 0 bridgehead atoms. The Labute approximate surface area is 133 Å². The van der Waals surface area contributed by atoms with Crippen LogP contribution in [0.15, 0.2) is 0 Å². The molecule has 1 aliphatic carbocycles. The highest BCUT2D eigenvalue weighted by Gasteiger charge is 2.34. The normalized spacial score (nSPS) is 27.6. The van der Waals surface area contributed by atoms with Crippen molar-refractivity contribution in [3.63, 3.8) is 0 Å². The molecule has 1 N–H and O–H groups in total. The van der Waals surface area contributed by atoms with E-state index in [0.29, 0.717) is 5.41 Å². The minimum atomic E-state index is -0.344. The molecule has 1 aliphatic rings.